The Hall–Kier alpha value is -1.63. The van der Waals surface area contributed by atoms with Gasteiger partial charge in [0.15, 0.2) is 11.8 Å². The van der Waals surface area contributed by atoms with E-state index in [9.17, 15) is 0 Å². The molecule has 19 heavy (non-hydrogen) atoms. The lowest BCUT2D eigenvalue weighted by Crippen LogP contribution is -2.45. The molecule has 0 aliphatic rings. The third kappa shape index (κ3) is 5.69. The molecule has 0 saturated carbocycles. The van der Waals surface area contributed by atoms with Gasteiger partial charge in [0.25, 0.3) is 0 Å². The van der Waals surface area contributed by atoms with Gasteiger partial charge < -0.3 is 19.9 Å². The zero-order chi connectivity index (χ0) is 14.3. The van der Waals surface area contributed by atoms with E-state index in [0.29, 0.717) is 31.2 Å². The van der Waals surface area contributed by atoms with E-state index >= 15 is 0 Å². The number of ether oxygens (including phenoxy) is 1. The Kier molecular flexibility index (Phi) is 5.75. The first-order valence-corrected chi connectivity index (χ1v) is 6.25. The molecule has 0 aliphatic carbocycles. The van der Waals surface area contributed by atoms with Gasteiger partial charge in [-0.15, -0.1) is 0 Å². The average Bonchev–Trinajstić information content (AvgIpc) is 2.79. The third-order valence-corrected chi connectivity index (χ3v) is 2.66. The Morgan fingerprint density at radius 1 is 1.42 bits per heavy atom. The third-order valence-electron chi connectivity index (χ3n) is 2.66. The molecule has 0 amide bonds. The Morgan fingerprint density at radius 2 is 2.16 bits per heavy atom. The van der Waals surface area contributed by atoms with Crippen LogP contribution in [0, 0.1) is 6.92 Å². The monoisotopic (exact) mass is 269 g/mol. The molecule has 0 saturated heterocycles. The van der Waals surface area contributed by atoms with Gasteiger partial charge in [-0.25, -0.2) is 0 Å². The standard InChI is InChI=1S/C12H23N5O2/c1-9-16-10(19-17-9)6-7-14-11(13-4)15-8-12(2,3)18-5/h6-8H2,1-5H3,(H2,13,14,15). The van der Waals surface area contributed by atoms with E-state index < -0.39 is 0 Å². The van der Waals surface area contributed by atoms with Crippen molar-refractivity contribution in [3.63, 3.8) is 0 Å². The van der Waals surface area contributed by atoms with E-state index in [2.05, 4.69) is 25.8 Å². The molecule has 2 N–H and O–H groups in total. The average molecular weight is 269 g/mol. The Morgan fingerprint density at radius 3 is 2.68 bits per heavy atom. The van der Waals surface area contributed by atoms with E-state index in [-0.39, 0.29) is 5.60 Å². The number of guanidine groups is 1. The maximum Gasteiger partial charge on any atom is 0.228 e. The predicted octanol–water partition coefficient (Wildman–Crippen LogP) is 0.511. The van der Waals surface area contributed by atoms with E-state index in [1.165, 1.54) is 0 Å². The largest absolute Gasteiger partial charge is 0.377 e. The fourth-order valence-electron chi connectivity index (χ4n) is 1.32. The van der Waals surface area contributed by atoms with Crippen LogP contribution in [-0.4, -0.2) is 48.9 Å². The smallest absolute Gasteiger partial charge is 0.228 e. The zero-order valence-corrected chi connectivity index (χ0v) is 12.3. The summed E-state index contributed by atoms with van der Waals surface area (Å²) in [4.78, 5) is 8.27. The van der Waals surface area contributed by atoms with Gasteiger partial charge in [-0.05, 0) is 20.8 Å². The van der Waals surface area contributed by atoms with Crippen LogP contribution in [0.15, 0.2) is 9.52 Å². The highest BCUT2D eigenvalue weighted by Crippen LogP contribution is 2.04. The zero-order valence-electron chi connectivity index (χ0n) is 12.3. The Labute approximate surface area is 113 Å². The lowest BCUT2D eigenvalue weighted by Gasteiger charge is -2.24. The van der Waals surface area contributed by atoms with Crippen LogP contribution in [0.1, 0.15) is 25.6 Å². The molecule has 0 unspecified atom stereocenters. The highest BCUT2D eigenvalue weighted by atomic mass is 16.5. The molecular weight excluding hydrogens is 246 g/mol. The minimum absolute atomic E-state index is 0.235. The number of rotatable bonds is 6. The number of nitrogens with zero attached hydrogens (tertiary/aromatic N) is 3. The number of hydrogen-bond donors (Lipinski definition) is 2. The summed E-state index contributed by atoms with van der Waals surface area (Å²) in [6.07, 6.45) is 0.662. The quantitative estimate of drug-likeness (QED) is 0.578. The van der Waals surface area contributed by atoms with Crippen LogP contribution in [0.2, 0.25) is 0 Å². The molecule has 0 atom stereocenters. The molecule has 7 nitrogen and oxygen atoms in total. The number of hydrogen-bond acceptors (Lipinski definition) is 5. The SMILES string of the molecule is CN=C(NCCc1nc(C)no1)NCC(C)(C)OC. The molecule has 0 spiro atoms. The van der Waals surface area contributed by atoms with Crippen molar-refractivity contribution in [2.24, 2.45) is 4.99 Å². The highest BCUT2D eigenvalue weighted by Gasteiger charge is 2.16. The first-order valence-electron chi connectivity index (χ1n) is 6.25. The van der Waals surface area contributed by atoms with E-state index in [1.807, 2.05) is 13.8 Å². The second-order valence-corrected chi connectivity index (χ2v) is 4.80. The van der Waals surface area contributed by atoms with E-state index in [4.69, 9.17) is 9.26 Å². The van der Waals surface area contributed by atoms with Crippen LogP contribution in [0.3, 0.4) is 0 Å². The summed E-state index contributed by atoms with van der Waals surface area (Å²) < 4.78 is 10.4. The van der Waals surface area contributed by atoms with Gasteiger partial charge in [0.2, 0.25) is 5.89 Å². The first-order chi connectivity index (χ1) is 8.96. The van der Waals surface area contributed by atoms with E-state index in [1.54, 1.807) is 21.1 Å². The van der Waals surface area contributed by atoms with Gasteiger partial charge >= 0.3 is 0 Å². The first kappa shape index (κ1) is 15.4. The summed E-state index contributed by atoms with van der Waals surface area (Å²) in [5.41, 5.74) is -0.235. The Balaban J connectivity index is 2.30. The van der Waals surface area contributed by atoms with Gasteiger partial charge in [0.1, 0.15) is 0 Å². The molecule has 108 valence electrons. The molecule has 0 fully saturated rings. The lowest BCUT2D eigenvalue weighted by atomic mass is 10.1. The highest BCUT2D eigenvalue weighted by molar-refractivity contribution is 5.79. The molecule has 0 aliphatic heterocycles. The summed E-state index contributed by atoms with van der Waals surface area (Å²) in [7, 11) is 3.42. The summed E-state index contributed by atoms with van der Waals surface area (Å²) in [5.74, 6) is 2.00. The van der Waals surface area contributed by atoms with Crippen LogP contribution in [0.4, 0.5) is 0 Å². The van der Waals surface area contributed by atoms with Crippen LogP contribution in [0.25, 0.3) is 0 Å². The van der Waals surface area contributed by atoms with Crippen LogP contribution in [-0.2, 0) is 11.2 Å². The molecule has 0 radical (unpaired) electrons. The maximum absolute atomic E-state index is 5.33. The lowest BCUT2D eigenvalue weighted by molar-refractivity contribution is 0.0268. The number of aryl methyl sites for hydroxylation is 1. The molecule has 1 rings (SSSR count). The van der Waals surface area contributed by atoms with Gasteiger partial charge in [-0.3, -0.25) is 4.99 Å². The fraction of sp³-hybridized carbons (Fsp3) is 0.750. The molecule has 1 aromatic rings. The number of aliphatic imine (C=N–C) groups is 1. The molecular formula is C12H23N5O2. The summed E-state index contributed by atoms with van der Waals surface area (Å²) in [6, 6.07) is 0. The van der Waals surface area contributed by atoms with Crippen molar-refractivity contribution in [3.05, 3.63) is 11.7 Å². The van der Waals surface area contributed by atoms with Crippen molar-refractivity contribution in [1.82, 2.24) is 20.8 Å². The van der Waals surface area contributed by atoms with Crippen molar-refractivity contribution in [3.8, 4) is 0 Å². The summed E-state index contributed by atoms with van der Waals surface area (Å²) in [6.45, 7) is 7.16. The number of aromatic nitrogens is 2. The summed E-state index contributed by atoms with van der Waals surface area (Å²) >= 11 is 0. The van der Waals surface area contributed by atoms with Gasteiger partial charge in [-0.1, -0.05) is 5.16 Å². The van der Waals surface area contributed by atoms with E-state index in [0.717, 1.165) is 5.96 Å². The Bertz CT molecular complexity index is 414. The number of nitrogens with one attached hydrogen (secondary N) is 2. The van der Waals surface area contributed by atoms with Crippen LogP contribution < -0.4 is 10.6 Å². The van der Waals surface area contributed by atoms with Crippen molar-refractivity contribution in [2.75, 3.05) is 27.2 Å². The molecule has 0 bridgehead atoms. The predicted molar refractivity (Wildman–Crippen MR) is 73.2 cm³/mol. The maximum atomic E-state index is 5.33. The second kappa shape index (κ2) is 7.08. The molecule has 7 heteroatoms. The van der Waals surface area contributed by atoms with Crippen molar-refractivity contribution in [2.45, 2.75) is 32.8 Å². The van der Waals surface area contributed by atoms with Crippen LogP contribution >= 0.6 is 0 Å². The molecule has 1 aromatic heterocycles. The van der Waals surface area contributed by atoms with Gasteiger partial charge in [0, 0.05) is 33.7 Å². The van der Waals surface area contributed by atoms with Crippen molar-refractivity contribution >= 4 is 5.96 Å². The molecule has 0 aromatic carbocycles. The minimum atomic E-state index is -0.235. The van der Waals surface area contributed by atoms with Crippen molar-refractivity contribution < 1.29 is 9.26 Å². The fourth-order valence-corrected chi connectivity index (χ4v) is 1.32. The van der Waals surface area contributed by atoms with Crippen LogP contribution in [0.5, 0.6) is 0 Å². The van der Waals surface area contributed by atoms with Gasteiger partial charge in [0.05, 0.1) is 5.60 Å². The summed E-state index contributed by atoms with van der Waals surface area (Å²) in [5, 5.41) is 10.1. The normalized spacial score (nSPS) is 12.6. The topological polar surface area (TPSA) is 84.6 Å². The van der Waals surface area contributed by atoms with Crippen molar-refractivity contribution in [1.29, 1.82) is 0 Å². The van der Waals surface area contributed by atoms with Gasteiger partial charge in [-0.2, -0.15) is 4.98 Å². The minimum Gasteiger partial charge on any atom is -0.377 e. The second-order valence-electron chi connectivity index (χ2n) is 4.80. The molecule has 1 heterocycles. The number of methoxy groups -OCH3 is 1.